The highest BCUT2D eigenvalue weighted by Crippen LogP contribution is 2.37. The van der Waals surface area contributed by atoms with Gasteiger partial charge in [-0.25, -0.2) is 23.1 Å². The zero-order valence-electron chi connectivity index (χ0n) is 19.0. The maximum atomic E-state index is 12.7. The van der Waals surface area contributed by atoms with Crippen LogP contribution < -0.4 is 19.5 Å². The minimum atomic E-state index is -3.84. The lowest BCUT2D eigenvalue weighted by molar-refractivity contribution is 0.397. The fraction of sp³-hybridized carbons (Fsp3) is 0.174. The molecule has 2 N–H and O–H groups in total. The minimum absolute atomic E-state index is 0.0774. The fourth-order valence-electron chi connectivity index (χ4n) is 3.22. The first-order valence-corrected chi connectivity index (χ1v) is 11.7. The van der Waals surface area contributed by atoms with Gasteiger partial charge in [0, 0.05) is 17.3 Å². The second kappa shape index (κ2) is 9.40. The highest BCUT2D eigenvalue weighted by Gasteiger charge is 2.19. The normalized spacial score (nSPS) is 11.2. The molecule has 4 rings (SSSR count). The number of aryl methyl sites for hydroxylation is 1. The maximum Gasteiger partial charge on any atom is 0.264 e. The average Bonchev–Trinajstić information content (AvgIpc) is 3.15. The van der Waals surface area contributed by atoms with E-state index in [4.69, 9.17) is 14.0 Å². The van der Waals surface area contributed by atoms with E-state index >= 15 is 0 Å². The van der Waals surface area contributed by atoms with Crippen LogP contribution in [0.3, 0.4) is 0 Å². The molecule has 0 bridgehead atoms. The molecule has 0 amide bonds. The van der Waals surface area contributed by atoms with Gasteiger partial charge in [0.25, 0.3) is 10.0 Å². The highest BCUT2D eigenvalue weighted by molar-refractivity contribution is 7.92. The minimum Gasteiger partial charge on any atom is -0.496 e. The van der Waals surface area contributed by atoms with Crippen LogP contribution in [0.15, 0.2) is 64.3 Å². The molecule has 34 heavy (non-hydrogen) atoms. The highest BCUT2D eigenvalue weighted by atomic mass is 32.2. The van der Waals surface area contributed by atoms with Gasteiger partial charge >= 0.3 is 0 Å². The summed E-state index contributed by atoms with van der Waals surface area (Å²) in [5, 5.41) is 6.92. The van der Waals surface area contributed by atoms with Crippen LogP contribution in [0.4, 0.5) is 17.4 Å². The number of aromatic nitrogens is 3. The van der Waals surface area contributed by atoms with Crippen LogP contribution >= 0.6 is 0 Å². The Bertz CT molecular complexity index is 1400. The summed E-state index contributed by atoms with van der Waals surface area (Å²) in [7, 11) is -0.681. The largest absolute Gasteiger partial charge is 0.496 e. The van der Waals surface area contributed by atoms with Crippen molar-refractivity contribution in [2.45, 2.75) is 18.7 Å². The molecule has 176 valence electrons. The number of nitrogens with zero attached hydrogens (tertiary/aromatic N) is 3. The van der Waals surface area contributed by atoms with Crippen LogP contribution in [0.1, 0.15) is 11.3 Å². The van der Waals surface area contributed by atoms with Crippen LogP contribution in [-0.4, -0.2) is 37.8 Å². The zero-order valence-corrected chi connectivity index (χ0v) is 19.8. The Labute approximate surface area is 197 Å². The quantitative estimate of drug-likeness (QED) is 0.378. The molecule has 2 aromatic heterocycles. The molecule has 0 aliphatic carbocycles. The topological polar surface area (TPSA) is 128 Å². The van der Waals surface area contributed by atoms with Crippen molar-refractivity contribution >= 4 is 27.4 Å². The SMILES string of the molecule is COc1cccc(OC)c1-c1cc(Nc2ccc(S(=O)(=O)Nc3onc(C)c3C)cc2)ncn1. The second-order valence-electron chi connectivity index (χ2n) is 7.30. The van der Waals surface area contributed by atoms with Crippen molar-refractivity contribution in [3.63, 3.8) is 0 Å². The molecule has 0 atom stereocenters. The number of ether oxygens (including phenoxy) is 2. The van der Waals surface area contributed by atoms with Crippen molar-refractivity contribution in [3.8, 4) is 22.8 Å². The molecule has 0 aliphatic rings. The summed E-state index contributed by atoms with van der Waals surface area (Å²) < 4.78 is 43.8. The van der Waals surface area contributed by atoms with Gasteiger partial charge in [-0.2, -0.15) is 0 Å². The third-order valence-corrected chi connectivity index (χ3v) is 6.52. The molecule has 4 aromatic rings. The average molecular weight is 482 g/mol. The lowest BCUT2D eigenvalue weighted by Gasteiger charge is -2.13. The zero-order chi connectivity index (χ0) is 24.3. The van der Waals surface area contributed by atoms with Crippen molar-refractivity contribution in [3.05, 3.63) is 66.1 Å². The molecule has 0 unspecified atom stereocenters. The Morgan fingerprint density at radius 2 is 1.62 bits per heavy atom. The van der Waals surface area contributed by atoms with E-state index in [1.54, 1.807) is 46.3 Å². The first kappa shape index (κ1) is 23.1. The number of anilines is 3. The van der Waals surface area contributed by atoms with E-state index in [0.29, 0.717) is 45.5 Å². The monoisotopic (exact) mass is 481 g/mol. The van der Waals surface area contributed by atoms with Crippen LogP contribution in [-0.2, 0) is 10.0 Å². The van der Waals surface area contributed by atoms with Gasteiger partial charge in [-0.3, -0.25) is 0 Å². The standard InChI is InChI=1S/C23H23N5O5S/c1-14-15(2)27-33-23(14)28-34(29,30)17-10-8-16(9-11-17)26-21-12-18(24-13-25-21)22-19(31-3)6-5-7-20(22)32-4/h5-13,28H,1-4H3,(H,24,25,26). The van der Waals surface area contributed by atoms with Crippen molar-refractivity contribution in [1.82, 2.24) is 15.1 Å². The maximum absolute atomic E-state index is 12.7. The summed E-state index contributed by atoms with van der Waals surface area (Å²) in [6, 6.07) is 13.5. The summed E-state index contributed by atoms with van der Waals surface area (Å²) in [5.41, 5.74) is 3.19. The Balaban J connectivity index is 1.55. The number of nitrogens with one attached hydrogen (secondary N) is 2. The number of hydrogen-bond donors (Lipinski definition) is 2. The molecule has 0 spiro atoms. The first-order valence-electron chi connectivity index (χ1n) is 10.2. The lowest BCUT2D eigenvalue weighted by Crippen LogP contribution is -2.13. The molecule has 0 saturated carbocycles. The van der Waals surface area contributed by atoms with E-state index in [9.17, 15) is 8.42 Å². The van der Waals surface area contributed by atoms with Gasteiger partial charge in [0.05, 0.1) is 36.1 Å². The fourth-order valence-corrected chi connectivity index (χ4v) is 4.27. The lowest BCUT2D eigenvalue weighted by atomic mass is 10.1. The molecule has 0 fully saturated rings. The molecule has 0 radical (unpaired) electrons. The smallest absolute Gasteiger partial charge is 0.264 e. The van der Waals surface area contributed by atoms with Gasteiger partial charge in [-0.05, 0) is 50.2 Å². The number of methoxy groups -OCH3 is 2. The number of sulfonamides is 1. The van der Waals surface area contributed by atoms with E-state index in [-0.39, 0.29) is 10.8 Å². The number of rotatable bonds is 8. The van der Waals surface area contributed by atoms with Gasteiger partial charge in [0.1, 0.15) is 23.6 Å². The second-order valence-corrected chi connectivity index (χ2v) is 8.99. The molecule has 2 heterocycles. The third-order valence-electron chi connectivity index (χ3n) is 5.17. The van der Waals surface area contributed by atoms with Crippen LogP contribution in [0.25, 0.3) is 11.3 Å². The molecular formula is C23H23N5O5S. The Kier molecular flexibility index (Phi) is 6.37. The van der Waals surface area contributed by atoms with Crippen molar-refractivity contribution in [2.24, 2.45) is 0 Å². The van der Waals surface area contributed by atoms with E-state index in [0.717, 1.165) is 0 Å². The third kappa shape index (κ3) is 4.64. The van der Waals surface area contributed by atoms with Crippen LogP contribution in [0, 0.1) is 13.8 Å². The number of benzene rings is 2. The van der Waals surface area contributed by atoms with Gasteiger partial charge in [-0.1, -0.05) is 11.2 Å². The summed E-state index contributed by atoms with van der Waals surface area (Å²) in [4.78, 5) is 8.68. The first-order chi connectivity index (χ1) is 16.3. The Morgan fingerprint density at radius 3 is 2.21 bits per heavy atom. The van der Waals surface area contributed by atoms with Crippen molar-refractivity contribution in [1.29, 1.82) is 0 Å². The molecule has 0 aliphatic heterocycles. The van der Waals surface area contributed by atoms with Gasteiger partial charge in [0.2, 0.25) is 5.88 Å². The van der Waals surface area contributed by atoms with E-state index in [2.05, 4.69) is 25.2 Å². The Hall–Kier alpha value is -4.12. The molecule has 0 saturated heterocycles. The number of hydrogen-bond acceptors (Lipinski definition) is 9. The van der Waals surface area contributed by atoms with Crippen molar-refractivity contribution in [2.75, 3.05) is 24.3 Å². The van der Waals surface area contributed by atoms with Gasteiger partial charge < -0.3 is 19.3 Å². The van der Waals surface area contributed by atoms with Crippen molar-refractivity contribution < 1.29 is 22.4 Å². The van der Waals surface area contributed by atoms with Crippen LogP contribution in [0.2, 0.25) is 0 Å². The van der Waals surface area contributed by atoms with E-state index in [1.165, 1.54) is 18.5 Å². The van der Waals surface area contributed by atoms with Crippen LogP contribution in [0.5, 0.6) is 11.5 Å². The summed E-state index contributed by atoms with van der Waals surface area (Å²) in [5.74, 6) is 1.84. The Morgan fingerprint density at radius 1 is 0.941 bits per heavy atom. The molecule has 11 heteroatoms. The van der Waals surface area contributed by atoms with Gasteiger partial charge in [-0.15, -0.1) is 0 Å². The summed E-state index contributed by atoms with van der Waals surface area (Å²) in [6.45, 7) is 3.47. The van der Waals surface area contributed by atoms with Gasteiger partial charge in [0.15, 0.2) is 0 Å². The van der Waals surface area contributed by atoms with E-state index < -0.39 is 10.0 Å². The predicted octanol–water partition coefficient (Wildman–Crippen LogP) is 4.31. The van der Waals surface area contributed by atoms with E-state index in [1.807, 2.05) is 18.2 Å². The summed E-state index contributed by atoms with van der Waals surface area (Å²) >= 11 is 0. The predicted molar refractivity (Wildman–Crippen MR) is 127 cm³/mol. The molecular weight excluding hydrogens is 458 g/mol. The summed E-state index contributed by atoms with van der Waals surface area (Å²) in [6.07, 6.45) is 1.42. The molecule has 2 aromatic carbocycles. The molecule has 10 nitrogen and oxygen atoms in total.